The average Bonchev–Trinajstić information content (AvgIpc) is 3.11. The van der Waals surface area contributed by atoms with Gasteiger partial charge >= 0.3 is 0 Å². The second-order valence-corrected chi connectivity index (χ2v) is 7.49. The topological polar surface area (TPSA) is 45.9 Å². The molecule has 0 radical (unpaired) electrons. The molecule has 0 bridgehead atoms. The van der Waals surface area contributed by atoms with Gasteiger partial charge in [0.1, 0.15) is 6.54 Å². The third kappa shape index (κ3) is 4.90. The van der Waals surface area contributed by atoms with Crippen molar-refractivity contribution in [2.75, 3.05) is 13.1 Å². The van der Waals surface area contributed by atoms with Gasteiger partial charge in [-0.05, 0) is 23.6 Å². The van der Waals surface area contributed by atoms with Gasteiger partial charge in [-0.2, -0.15) is 5.10 Å². The fourth-order valence-electron chi connectivity index (χ4n) is 2.97. The molecule has 2 heterocycles. The van der Waals surface area contributed by atoms with Crippen LogP contribution in [0.2, 0.25) is 5.02 Å². The molecule has 4 nitrogen and oxygen atoms in total. The van der Waals surface area contributed by atoms with E-state index in [0.717, 1.165) is 42.4 Å². The van der Waals surface area contributed by atoms with Gasteiger partial charge in [0, 0.05) is 28.3 Å². The normalized spacial score (nSPS) is 21.0. The van der Waals surface area contributed by atoms with Gasteiger partial charge in [0.15, 0.2) is 0 Å². The van der Waals surface area contributed by atoms with E-state index in [0.29, 0.717) is 0 Å². The summed E-state index contributed by atoms with van der Waals surface area (Å²) in [4.78, 5) is 14.7. The Bertz CT molecular complexity index is 677. The highest BCUT2D eigenvalue weighted by molar-refractivity contribution is 7.11. The number of rotatable bonds is 5. The van der Waals surface area contributed by atoms with Crippen LogP contribution in [0.1, 0.15) is 23.3 Å². The SMILES string of the molecule is O=C(N/N=C\c1cccs1)C1CC[NH+](Cc2ccc(Cl)cc2)CC1. The Balaban J connectivity index is 1.42. The molecule has 0 atom stereocenters. The summed E-state index contributed by atoms with van der Waals surface area (Å²) in [6.45, 7) is 3.01. The van der Waals surface area contributed by atoms with Gasteiger partial charge in [0.25, 0.3) is 0 Å². The number of likely N-dealkylation sites (tertiary alicyclic amines) is 1. The summed E-state index contributed by atoms with van der Waals surface area (Å²) < 4.78 is 0. The quantitative estimate of drug-likeness (QED) is 0.622. The van der Waals surface area contributed by atoms with Crippen LogP contribution in [0.5, 0.6) is 0 Å². The lowest BCUT2D eigenvalue weighted by Gasteiger charge is -2.28. The van der Waals surface area contributed by atoms with Crippen LogP contribution in [0.3, 0.4) is 0 Å². The van der Waals surface area contributed by atoms with E-state index in [1.54, 1.807) is 17.6 Å². The first-order valence-corrected chi connectivity index (χ1v) is 9.41. The number of benzene rings is 1. The number of hydrogen-bond donors (Lipinski definition) is 2. The summed E-state index contributed by atoms with van der Waals surface area (Å²) in [6, 6.07) is 12.0. The van der Waals surface area contributed by atoms with E-state index in [9.17, 15) is 4.79 Å². The average molecular weight is 363 g/mol. The van der Waals surface area contributed by atoms with Crippen molar-refractivity contribution in [3.05, 3.63) is 57.2 Å². The minimum Gasteiger partial charge on any atom is -0.331 e. The number of hydrogen-bond acceptors (Lipinski definition) is 3. The summed E-state index contributed by atoms with van der Waals surface area (Å²) >= 11 is 7.52. The number of halogens is 1. The number of carbonyl (C=O) groups excluding carboxylic acids is 1. The smallest absolute Gasteiger partial charge is 0.243 e. The van der Waals surface area contributed by atoms with Gasteiger partial charge < -0.3 is 4.90 Å². The Kier molecular flexibility index (Phi) is 6.01. The van der Waals surface area contributed by atoms with E-state index in [-0.39, 0.29) is 11.8 Å². The molecule has 0 unspecified atom stereocenters. The predicted octanol–water partition coefficient (Wildman–Crippen LogP) is 2.35. The molecule has 0 aliphatic carbocycles. The molecule has 1 saturated heterocycles. The molecule has 1 aromatic carbocycles. The van der Waals surface area contributed by atoms with Gasteiger partial charge in [0.05, 0.1) is 25.2 Å². The standard InChI is InChI=1S/C18H20ClN3OS/c19-16-5-3-14(4-6-16)13-22-9-7-15(8-10-22)18(23)21-20-12-17-2-1-11-24-17/h1-6,11-12,15H,7-10,13H2,(H,21,23)/p+1/b20-12-. The van der Waals surface area contributed by atoms with Gasteiger partial charge in [-0.1, -0.05) is 29.8 Å². The van der Waals surface area contributed by atoms with Crippen LogP contribution in [0.25, 0.3) is 0 Å². The molecular weight excluding hydrogens is 342 g/mol. The predicted molar refractivity (Wildman–Crippen MR) is 98.6 cm³/mol. The number of thiophene rings is 1. The number of carbonyl (C=O) groups is 1. The van der Waals surface area contributed by atoms with Gasteiger partial charge in [-0.3, -0.25) is 4.79 Å². The molecule has 0 saturated carbocycles. The largest absolute Gasteiger partial charge is 0.331 e. The molecule has 6 heteroatoms. The molecule has 2 aromatic rings. The second-order valence-electron chi connectivity index (χ2n) is 6.08. The summed E-state index contributed by atoms with van der Waals surface area (Å²) in [5, 5.41) is 6.81. The van der Waals surface area contributed by atoms with Crippen molar-refractivity contribution in [2.24, 2.45) is 11.0 Å². The summed E-state index contributed by atoms with van der Waals surface area (Å²) in [7, 11) is 0. The monoisotopic (exact) mass is 362 g/mol. The Morgan fingerprint density at radius 3 is 2.71 bits per heavy atom. The van der Waals surface area contributed by atoms with E-state index in [1.165, 1.54) is 10.5 Å². The molecule has 1 aliphatic heterocycles. The van der Waals surface area contributed by atoms with E-state index < -0.39 is 0 Å². The molecule has 3 rings (SSSR count). The van der Waals surface area contributed by atoms with Crippen molar-refractivity contribution in [3.8, 4) is 0 Å². The molecule has 0 spiro atoms. The maximum atomic E-state index is 12.2. The Hall–Kier alpha value is -1.69. The van der Waals surface area contributed by atoms with E-state index >= 15 is 0 Å². The fourth-order valence-corrected chi connectivity index (χ4v) is 3.68. The number of nitrogens with zero attached hydrogens (tertiary/aromatic N) is 1. The van der Waals surface area contributed by atoms with Gasteiger partial charge in [-0.15, -0.1) is 11.3 Å². The first-order chi connectivity index (χ1) is 11.7. The van der Waals surface area contributed by atoms with Gasteiger partial charge in [-0.25, -0.2) is 5.43 Å². The maximum Gasteiger partial charge on any atom is 0.243 e. The molecule has 2 N–H and O–H groups in total. The van der Waals surface area contributed by atoms with Crippen LogP contribution < -0.4 is 10.3 Å². The van der Waals surface area contributed by atoms with Crippen LogP contribution in [0.4, 0.5) is 0 Å². The lowest BCUT2D eigenvalue weighted by molar-refractivity contribution is -0.919. The first-order valence-electron chi connectivity index (χ1n) is 8.15. The molecular formula is C18H21ClN3OS+. The van der Waals surface area contributed by atoms with Crippen molar-refractivity contribution < 1.29 is 9.69 Å². The zero-order valence-corrected chi connectivity index (χ0v) is 14.9. The van der Waals surface area contributed by atoms with Crippen LogP contribution in [0.15, 0.2) is 46.9 Å². The minimum absolute atomic E-state index is 0.0355. The maximum absolute atomic E-state index is 12.2. The molecule has 126 valence electrons. The fraction of sp³-hybridized carbons (Fsp3) is 0.333. The van der Waals surface area contributed by atoms with E-state index in [2.05, 4.69) is 22.7 Å². The van der Waals surface area contributed by atoms with Crippen molar-refractivity contribution in [3.63, 3.8) is 0 Å². The number of quaternary nitrogens is 1. The van der Waals surface area contributed by atoms with E-state index in [1.807, 2.05) is 29.6 Å². The van der Waals surface area contributed by atoms with E-state index in [4.69, 9.17) is 11.6 Å². The third-order valence-corrected chi connectivity index (χ3v) is 5.40. The third-order valence-electron chi connectivity index (χ3n) is 4.34. The molecule has 1 aromatic heterocycles. The Labute approximate surface area is 151 Å². The lowest BCUT2D eigenvalue weighted by atomic mass is 9.96. The highest BCUT2D eigenvalue weighted by Crippen LogP contribution is 2.12. The number of nitrogens with one attached hydrogen (secondary N) is 2. The minimum atomic E-state index is 0.0355. The number of amides is 1. The van der Waals surface area contributed by atoms with Crippen molar-refractivity contribution >= 4 is 35.1 Å². The number of hydrazone groups is 1. The van der Waals surface area contributed by atoms with Crippen LogP contribution in [-0.2, 0) is 11.3 Å². The van der Waals surface area contributed by atoms with Crippen LogP contribution >= 0.6 is 22.9 Å². The molecule has 1 aliphatic rings. The Morgan fingerprint density at radius 2 is 2.04 bits per heavy atom. The number of piperidine rings is 1. The summed E-state index contributed by atoms with van der Waals surface area (Å²) in [5.74, 6) is 0.104. The van der Waals surface area contributed by atoms with Crippen LogP contribution in [-0.4, -0.2) is 25.2 Å². The summed E-state index contributed by atoms with van der Waals surface area (Å²) in [6.07, 6.45) is 3.51. The summed E-state index contributed by atoms with van der Waals surface area (Å²) in [5.41, 5.74) is 3.96. The Morgan fingerprint density at radius 1 is 1.29 bits per heavy atom. The highest BCUT2D eigenvalue weighted by Gasteiger charge is 2.27. The zero-order valence-electron chi connectivity index (χ0n) is 13.4. The zero-order chi connectivity index (χ0) is 16.8. The van der Waals surface area contributed by atoms with Crippen molar-refractivity contribution in [1.29, 1.82) is 0 Å². The molecule has 1 amide bonds. The van der Waals surface area contributed by atoms with Crippen molar-refractivity contribution in [2.45, 2.75) is 19.4 Å². The highest BCUT2D eigenvalue weighted by atomic mass is 35.5. The molecule has 24 heavy (non-hydrogen) atoms. The van der Waals surface area contributed by atoms with Gasteiger partial charge in [0.2, 0.25) is 5.91 Å². The first kappa shape index (κ1) is 17.1. The lowest BCUT2D eigenvalue weighted by Crippen LogP contribution is -3.11. The second kappa shape index (κ2) is 8.42. The molecule has 1 fully saturated rings. The van der Waals surface area contributed by atoms with Crippen molar-refractivity contribution in [1.82, 2.24) is 5.43 Å². The van der Waals surface area contributed by atoms with Crippen LogP contribution in [0, 0.1) is 5.92 Å².